The highest BCUT2D eigenvalue weighted by molar-refractivity contribution is 8.03. The quantitative estimate of drug-likeness (QED) is 0.702. The summed E-state index contributed by atoms with van der Waals surface area (Å²) in [6, 6.07) is 0.769. The van der Waals surface area contributed by atoms with Gasteiger partial charge in [-0.3, -0.25) is 4.90 Å². The molecule has 2 aliphatic rings. The Balaban J connectivity index is 1.90. The van der Waals surface area contributed by atoms with E-state index in [1.165, 1.54) is 23.0 Å². The summed E-state index contributed by atoms with van der Waals surface area (Å²) in [6.07, 6.45) is 0. The van der Waals surface area contributed by atoms with Crippen LogP contribution in [-0.2, 0) is 4.74 Å². The number of hydrogen-bond donors (Lipinski definition) is 0. The number of morpholine rings is 1. The van der Waals surface area contributed by atoms with E-state index in [1.54, 1.807) is 0 Å². The Bertz CT molecular complexity index is 203. The molecular weight excluding hydrogens is 226 g/mol. The van der Waals surface area contributed by atoms with Gasteiger partial charge in [-0.05, 0) is 13.8 Å². The van der Waals surface area contributed by atoms with Gasteiger partial charge >= 0.3 is 0 Å². The summed E-state index contributed by atoms with van der Waals surface area (Å²) in [4.78, 5) is 2.63. The third-order valence-corrected chi connectivity index (χ3v) is 5.45. The maximum Gasteiger partial charge on any atom is 0.0753 e. The van der Waals surface area contributed by atoms with Gasteiger partial charge in [0.05, 0.1) is 12.2 Å². The first kappa shape index (κ1) is 12.1. The second kappa shape index (κ2) is 5.30. The molecule has 0 aliphatic carbocycles. The van der Waals surface area contributed by atoms with E-state index in [1.807, 2.05) is 0 Å². The smallest absolute Gasteiger partial charge is 0.0753 e. The van der Waals surface area contributed by atoms with Crippen molar-refractivity contribution in [2.24, 2.45) is 0 Å². The largest absolute Gasteiger partial charge is 0.373 e. The van der Waals surface area contributed by atoms with E-state index in [0.29, 0.717) is 0 Å². The highest BCUT2D eigenvalue weighted by atomic mass is 32.2. The fraction of sp³-hybridized carbons (Fsp3) is 1.00. The summed E-state index contributed by atoms with van der Waals surface area (Å²) in [5, 5.41) is 0. The standard InChI is InChI=1S/C11H21NOS2/c1-11(2)9-12(3-4-13-11)10-7-14-5-6-15-8-10/h10H,3-9H2,1-2H3. The van der Waals surface area contributed by atoms with Crippen LogP contribution in [0.25, 0.3) is 0 Å². The Kier molecular flexibility index (Phi) is 4.27. The Morgan fingerprint density at radius 3 is 2.47 bits per heavy atom. The zero-order valence-electron chi connectivity index (χ0n) is 9.70. The average Bonchev–Trinajstić information content (AvgIpc) is 2.44. The first-order chi connectivity index (χ1) is 7.17. The van der Waals surface area contributed by atoms with Crippen molar-refractivity contribution in [1.82, 2.24) is 4.90 Å². The number of nitrogens with zero attached hydrogens (tertiary/aromatic N) is 1. The van der Waals surface area contributed by atoms with Crippen molar-refractivity contribution in [2.75, 3.05) is 42.7 Å². The van der Waals surface area contributed by atoms with E-state index in [0.717, 1.165) is 25.7 Å². The molecule has 0 bridgehead atoms. The van der Waals surface area contributed by atoms with Crippen LogP contribution < -0.4 is 0 Å². The molecule has 88 valence electrons. The zero-order chi connectivity index (χ0) is 10.7. The minimum atomic E-state index is 0.0554. The van der Waals surface area contributed by atoms with E-state index >= 15 is 0 Å². The summed E-state index contributed by atoms with van der Waals surface area (Å²) >= 11 is 4.23. The fourth-order valence-corrected chi connectivity index (χ4v) is 4.81. The Morgan fingerprint density at radius 2 is 1.87 bits per heavy atom. The summed E-state index contributed by atoms with van der Waals surface area (Å²) in [7, 11) is 0. The van der Waals surface area contributed by atoms with Crippen LogP contribution in [0, 0.1) is 0 Å². The van der Waals surface area contributed by atoms with Gasteiger partial charge in [-0.1, -0.05) is 0 Å². The SMILES string of the molecule is CC1(C)CN(C2CSCCSC2)CCO1. The molecule has 0 amide bonds. The molecule has 2 aliphatic heterocycles. The summed E-state index contributed by atoms with van der Waals surface area (Å²) in [6.45, 7) is 7.53. The molecule has 2 saturated heterocycles. The number of hydrogen-bond acceptors (Lipinski definition) is 4. The monoisotopic (exact) mass is 247 g/mol. The molecule has 2 rings (SSSR count). The zero-order valence-corrected chi connectivity index (χ0v) is 11.3. The van der Waals surface area contributed by atoms with Crippen molar-refractivity contribution >= 4 is 23.5 Å². The minimum absolute atomic E-state index is 0.0554. The van der Waals surface area contributed by atoms with Crippen molar-refractivity contribution < 1.29 is 4.74 Å². The van der Waals surface area contributed by atoms with Crippen LogP contribution in [0.1, 0.15) is 13.8 Å². The van der Waals surface area contributed by atoms with Gasteiger partial charge in [0.1, 0.15) is 0 Å². The highest BCUT2D eigenvalue weighted by Gasteiger charge is 2.31. The molecule has 0 radical (unpaired) electrons. The van der Waals surface area contributed by atoms with Gasteiger partial charge in [-0.15, -0.1) is 0 Å². The van der Waals surface area contributed by atoms with Crippen molar-refractivity contribution in [3.05, 3.63) is 0 Å². The molecule has 0 aromatic heterocycles. The van der Waals surface area contributed by atoms with Crippen LogP contribution >= 0.6 is 23.5 Å². The number of ether oxygens (including phenoxy) is 1. The van der Waals surface area contributed by atoms with Crippen LogP contribution in [0.3, 0.4) is 0 Å². The minimum Gasteiger partial charge on any atom is -0.373 e. The summed E-state index contributed by atoms with van der Waals surface area (Å²) in [5.74, 6) is 5.27. The van der Waals surface area contributed by atoms with Crippen molar-refractivity contribution in [2.45, 2.75) is 25.5 Å². The maximum atomic E-state index is 5.76. The molecule has 0 aromatic carbocycles. The van der Waals surface area contributed by atoms with E-state index < -0.39 is 0 Å². The number of rotatable bonds is 1. The Hall–Kier alpha value is 0.620. The van der Waals surface area contributed by atoms with Gasteiger partial charge in [0, 0.05) is 42.1 Å². The first-order valence-corrected chi connectivity index (χ1v) is 8.02. The average molecular weight is 247 g/mol. The van der Waals surface area contributed by atoms with Crippen LogP contribution in [0.5, 0.6) is 0 Å². The molecular formula is C11H21NOS2. The molecule has 0 spiro atoms. The topological polar surface area (TPSA) is 12.5 Å². The van der Waals surface area contributed by atoms with Gasteiger partial charge < -0.3 is 4.74 Å². The van der Waals surface area contributed by atoms with Crippen molar-refractivity contribution in [1.29, 1.82) is 0 Å². The molecule has 0 N–H and O–H groups in total. The normalized spacial score (nSPS) is 30.0. The Morgan fingerprint density at radius 1 is 1.20 bits per heavy atom. The van der Waals surface area contributed by atoms with Crippen molar-refractivity contribution in [3.63, 3.8) is 0 Å². The van der Waals surface area contributed by atoms with E-state index in [4.69, 9.17) is 4.74 Å². The van der Waals surface area contributed by atoms with E-state index in [2.05, 4.69) is 42.3 Å². The van der Waals surface area contributed by atoms with E-state index in [-0.39, 0.29) is 5.60 Å². The summed E-state index contributed by atoms with van der Waals surface area (Å²) in [5.41, 5.74) is 0.0554. The number of thioether (sulfide) groups is 2. The lowest BCUT2D eigenvalue weighted by molar-refractivity contribution is -0.0927. The van der Waals surface area contributed by atoms with Crippen LogP contribution in [-0.4, -0.2) is 59.3 Å². The lowest BCUT2D eigenvalue weighted by Crippen LogP contribution is -2.53. The highest BCUT2D eigenvalue weighted by Crippen LogP contribution is 2.24. The van der Waals surface area contributed by atoms with Crippen molar-refractivity contribution in [3.8, 4) is 0 Å². The second-order valence-corrected chi connectivity index (χ2v) is 7.18. The lowest BCUT2D eigenvalue weighted by atomic mass is 10.1. The third-order valence-electron chi connectivity index (χ3n) is 2.96. The molecule has 2 fully saturated rings. The van der Waals surface area contributed by atoms with Crippen LogP contribution in [0.2, 0.25) is 0 Å². The predicted molar refractivity (Wildman–Crippen MR) is 70.0 cm³/mol. The lowest BCUT2D eigenvalue weighted by Gasteiger charge is -2.41. The molecule has 15 heavy (non-hydrogen) atoms. The van der Waals surface area contributed by atoms with Gasteiger partial charge in [0.2, 0.25) is 0 Å². The van der Waals surface area contributed by atoms with Gasteiger partial charge in [-0.25, -0.2) is 0 Å². The fourth-order valence-electron chi connectivity index (χ4n) is 2.18. The van der Waals surface area contributed by atoms with Gasteiger partial charge in [-0.2, -0.15) is 23.5 Å². The molecule has 4 heteroatoms. The summed E-state index contributed by atoms with van der Waals surface area (Å²) < 4.78 is 5.76. The molecule has 2 nitrogen and oxygen atoms in total. The third kappa shape index (κ3) is 3.55. The molecule has 0 saturated carbocycles. The maximum absolute atomic E-state index is 5.76. The Labute approximate surface area is 101 Å². The van der Waals surface area contributed by atoms with E-state index in [9.17, 15) is 0 Å². The second-order valence-electron chi connectivity index (χ2n) is 4.88. The molecule has 0 atom stereocenters. The van der Waals surface area contributed by atoms with Crippen LogP contribution in [0.15, 0.2) is 0 Å². The molecule has 0 unspecified atom stereocenters. The van der Waals surface area contributed by atoms with Crippen LogP contribution in [0.4, 0.5) is 0 Å². The molecule has 0 aromatic rings. The van der Waals surface area contributed by atoms with Gasteiger partial charge in [0.15, 0.2) is 0 Å². The van der Waals surface area contributed by atoms with Gasteiger partial charge in [0.25, 0.3) is 0 Å². The predicted octanol–water partition coefficient (Wildman–Crippen LogP) is 1.95. The molecule has 2 heterocycles. The first-order valence-electron chi connectivity index (χ1n) is 5.71.